The van der Waals surface area contributed by atoms with Crippen molar-refractivity contribution in [3.05, 3.63) is 108 Å². The maximum absolute atomic E-state index is 14.0. The summed E-state index contributed by atoms with van der Waals surface area (Å²) in [5.41, 5.74) is 2.72. The van der Waals surface area contributed by atoms with Gasteiger partial charge in [0.2, 0.25) is 10.0 Å². The normalized spacial score (nSPS) is 14.0. The number of benzene rings is 3. The topological polar surface area (TPSA) is 80.8 Å². The minimum Gasteiger partial charge on any atom is -0.458 e. The number of hydrogen-bond donors (Lipinski definition) is 0. The molecular formula is C30H35NO5S2. The molecule has 3 aromatic carbocycles. The number of carbonyl (C=O) groups is 1. The maximum atomic E-state index is 14.0. The summed E-state index contributed by atoms with van der Waals surface area (Å²) in [6, 6.07) is 22.5. The Morgan fingerprint density at radius 1 is 0.974 bits per heavy atom. The lowest BCUT2D eigenvalue weighted by atomic mass is 10.0. The molecule has 6 nitrogen and oxygen atoms in total. The van der Waals surface area contributed by atoms with Crippen molar-refractivity contribution < 1.29 is 22.2 Å². The lowest BCUT2D eigenvalue weighted by Crippen LogP contribution is -2.45. The van der Waals surface area contributed by atoms with Gasteiger partial charge in [0.05, 0.1) is 15.7 Å². The number of nitrogens with zero attached hydrogens (tertiary/aromatic N) is 1. The molecule has 0 heterocycles. The third kappa shape index (κ3) is 7.96. The Morgan fingerprint density at radius 2 is 1.55 bits per heavy atom. The molecule has 0 unspecified atom stereocenters. The molecule has 0 radical (unpaired) electrons. The molecule has 0 fully saturated rings. The first kappa shape index (κ1) is 29.5. The van der Waals surface area contributed by atoms with Gasteiger partial charge in [-0.15, -0.1) is 6.58 Å². The SMILES string of the molecule is C=CCCN([C@H](C[C@@H](OC(C)=O)c1ccccc1)C[S@](=O)c1ccc(C)cc1)S(=O)(=O)c1ccc(C)cc1. The summed E-state index contributed by atoms with van der Waals surface area (Å²) in [7, 11) is -5.47. The van der Waals surface area contributed by atoms with E-state index in [2.05, 4.69) is 6.58 Å². The first-order valence-electron chi connectivity index (χ1n) is 12.5. The number of sulfonamides is 1. The van der Waals surface area contributed by atoms with Crippen molar-refractivity contribution in [2.45, 2.75) is 55.5 Å². The van der Waals surface area contributed by atoms with Gasteiger partial charge in [-0.3, -0.25) is 9.00 Å². The van der Waals surface area contributed by atoms with E-state index in [4.69, 9.17) is 4.74 Å². The van der Waals surface area contributed by atoms with Crippen molar-refractivity contribution in [1.82, 2.24) is 4.31 Å². The largest absolute Gasteiger partial charge is 0.458 e. The lowest BCUT2D eigenvalue weighted by molar-refractivity contribution is -0.147. The summed E-state index contributed by atoms with van der Waals surface area (Å²) in [6.07, 6.45) is 1.49. The summed E-state index contributed by atoms with van der Waals surface area (Å²) in [5.74, 6) is -0.438. The van der Waals surface area contributed by atoms with Crippen LogP contribution in [0.25, 0.3) is 0 Å². The number of carbonyl (C=O) groups excluding carboxylic acids is 1. The fourth-order valence-electron chi connectivity index (χ4n) is 4.16. The van der Waals surface area contributed by atoms with Crippen LogP contribution >= 0.6 is 0 Å². The highest BCUT2D eigenvalue weighted by molar-refractivity contribution is 7.89. The molecule has 3 rings (SSSR count). The quantitative estimate of drug-likeness (QED) is 0.199. The maximum Gasteiger partial charge on any atom is 0.303 e. The molecule has 0 aliphatic heterocycles. The number of esters is 1. The van der Waals surface area contributed by atoms with Crippen LogP contribution in [-0.2, 0) is 30.4 Å². The summed E-state index contributed by atoms with van der Waals surface area (Å²) in [6.45, 7) is 9.09. The van der Waals surface area contributed by atoms with Crippen LogP contribution in [0.3, 0.4) is 0 Å². The highest BCUT2D eigenvalue weighted by Crippen LogP contribution is 2.30. The summed E-state index contributed by atoms with van der Waals surface area (Å²) in [4.78, 5) is 12.8. The van der Waals surface area contributed by atoms with Gasteiger partial charge in [-0.2, -0.15) is 4.31 Å². The minimum absolute atomic E-state index is 0.0376. The van der Waals surface area contributed by atoms with Gasteiger partial charge in [-0.1, -0.05) is 71.8 Å². The number of ether oxygens (including phenoxy) is 1. The Morgan fingerprint density at radius 3 is 2.11 bits per heavy atom. The lowest BCUT2D eigenvalue weighted by Gasteiger charge is -2.33. The van der Waals surface area contributed by atoms with Crippen LogP contribution in [0, 0.1) is 13.8 Å². The van der Waals surface area contributed by atoms with Gasteiger partial charge in [0, 0.05) is 36.6 Å². The predicted octanol–water partition coefficient (Wildman–Crippen LogP) is 5.74. The molecule has 0 saturated carbocycles. The summed E-state index contributed by atoms with van der Waals surface area (Å²) < 4.78 is 48.6. The third-order valence-electron chi connectivity index (χ3n) is 6.18. The van der Waals surface area contributed by atoms with Gasteiger partial charge in [-0.05, 0) is 50.1 Å². The number of aryl methyl sites for hydroxylation is 2. The van der Waals surface area contributed by atoms with Gasteiger partial charge in [0.25, 0.3) is 0 Å². The molecule has 0 spiro atoms. The van der Waals surface area contributed by atoms with Crippen molar-refractivity contribution in [1.29, 1.82) is 0 Å². The highest BCUT2D eigenvalue weighted by atomic mass is 32.2. The number of hydrogen-bond acceptors (Lipinski definition) is 5. The Bertz CT molecular complexity index is 1340. The Balaban J connectivity index is 2.07. The monoisotopic (exact) mass is 553 g/mol. The van der Waals surface area contributed by atoms with E-state index in [1.165, 1.54) is 11.2 Å². The molecule has 0 N–H and O–H groups in total. The van der Waals surface area contributed by atoms with Crippen LogP contribution in [0.1, 0.15) is 42.6 Å². The average Bonchev–Trinajstić information content (AvgIpc) is 2.89. The smallest absolute Gasteiger partial charge is 0.303 e. The fraction of sp³-hybridized carbons (Fsp3) is 0.300. The van der Waals surface area contributed by atoms with Gasteiger partial charge < -0.3 is 4.74 Å². The zero-order valence-electron chi connectivity index (χ0n) is 22.1. The minimum atomic E-state index is -3.97. The zero-order valence-corrected chi connectivity index (χ0v) is 23.7. The second kappa shape index (κ2) is 13.6. The van der Waals surface area contributed by atoms with Crippen molar-refractivity contribution in [2.24, 2.45) is 0 Å². The van der Waals surface area contributed by atoms with Gasteiger partial charge in [0.1, 0.15) is 6.10 Å². The van der Waals surface area contributed by atoms with E-state index in [-0.39, 0.29) is 23.6 Å². The van der Waals surface area contributed by atoms with Crippen molar-refractivity contribution in [3.63, 3.8) is 0 Å². The molecule has 202 valence electrons. The second-order valence-corrected chi connectivity index (χ2v) is 12.6. The molecule has 0 amide bonds. The van der Waals surface area contributed by atoms with E-state index >= 15 is 0 Å². The van der Waals surface area contributed by atoms with Gasteiger partial charge >= 0.3 is 5.97 Å². The Hall–Kier alpha value is -3.07. The van der Waals surface area contributed by atoms with Crippen LogP contribution in [-0.4, -0.2) is 41.2 Å². The molecule has 0 aliphatic rings. The highest BCUT2D eigenvalue weighted by Gasteiger charge is 2.35. The molecule has 0 saturated heterocycles. The van der Waals surface area contributed by atoms with E-state index in [0.717, 1.165) is 16.7 Å². The molecule has 8 heteroatoms. The molecule has 3 aromatic rings. The molecular weight excluding hydrogens is 518 g/mol. The third-order valence-corrected chi connectivity index (χ3v) is 9.63. The van der Waals surface area contributed by atoms with Crippen LogP contribution in [0.5, 0.6) is 0 Å². The van der Waals surface area contributed by atoms with Crippen LogP contribution in [0.2, 0.25) is 0 Å². The van der Waals surface area contributed by atoms with E-state index in [9.17, 15) is 17.4 Å². The average molecular weight is 554 g/mol. The van der Waals surface area contributed by atoms with Crippen LogP contribution < -0.4 is 0 Å². The van der Waals surface area contributed by atoms with E-state index in [0.29, 0.717) is 11.3 Å². The predicted molar refractivity (Wildman–Crippen MR) is 152 cm³/mol. The van der Waals surface area contributed by atoms with Gasteiger partial charge in [0.15, 0.2) is 0 Å². The van der Waals surface area contributed by atoms with E-state index < -0.39 is 38.9 Å². The van der Waals surface area contributed by atoms with Crippen molar-refractivity contribution >= 4 is 26.8 Å². The Labute approximate surface area is 228 Å². The molecule has 0 aliphatic carbocycles. The van der Waals surface area contributed by atoms with Crippen LogP contribution in [0.4, 0.5) is 0 Å². The number of rotatable bonds is 13. The summed E-state index contributed by atoms with van der Waals surface area (Å²) >= 11 is 0. The summed E-state index contributed by atoms with van der Waals surface area (Å²) in [5, 5.41) is 0. The van der Waals surface area contributed by atoms with Crippen molar-refractivity contribution in [2.75, 3.05) is 12.3 Å². The fourth-order valence-corrected chi connectivity index (χ4v) is 7.20. The first-order valence-corrected chi connectivity index (χ1v) is 15.2. The molecule has 0 bridgehead atoms. The van der Waals surface area contributed by atoms with E-state index in [1.54, 1.807) is 42.5 Å². The molecule has 0 aromatic heterocycles. The van der Waals surface area contributed by atoms with E-state index in [1.807, 2.05) is 56.3 Å². The molecule has 3 atom stereocenters. The standard InChI is InChI=1S/C30H35NO5S2/c1-5-6-20-31(38(34,35)29-18-14-24(3)15-19-29)27(22-37(33)28-16-12-23(2)13-17-28)21-30(36-25(4)32)26-10-8-7-9-11-26/h5,7-19,27,30H,1,6,20-22H2,2-4H3/t27-,30-,37+/m1/s1. The van der Waals surface area contributed by atoms with Crippen LogP contribution in [0.15, 0.2) is 101 Å². The second-order valence-electron chi connectivity index (χ2n) is 9.23. The van der Waals surface area contributed by atoms with Gasteiger partial charge in [-0.25, -0.2) is 8.42 Å². The first-order chi connectivity index (χ1) is 18.1. The Kier molecular flexibility index (Phi) is 10.6. The van der Waals surface area contributed by atoms with Crippen molar-refractivity contribution in [3.8, 4) is 0 Å². The zero-order chi connectivity index (χ0) is 27.7. The molecule has 38 heavy (non-hydrogen) atoms.